The van der Waals surface area contributed by atoms with E-state index in [1.807, 2.05) is 37.3 Å². The van der Waals surface area contributed by atoms with Gasteiger partial charge in [-0.3, -0.25) is 0 Å². The largest absolute Gasteiger partial charge is 0.306 e. The lowest BCUT2D eigenvalue weighted by molar-refractivity contribution is 0.566. The van der Waals surface area contributed by atoms with Crippen molar-refractivity contribution in [2.45, 2.75) is 19.5 Å². The second-order valence-electron chi connectivity index (χ2n) is 4.34. The summed E-state index contributed by atoms with van der Waals surface area (Å²) in [6.07, 6.45) is 0. The summed E-state index contributed by atoms with van der Waals surface area (Å²) in [5.74, 6) is -0.246. The maximum atomic E-state index is 13.4. The summed E-state index contributed by atoms with van der Waals surface area (Å²) in [4.78, 5) is 0. The van der Waals surface area contributed by atoms with Crippen LogP contribution in [0.5, 0.6) is 0 Å². The fourth-order valence-electron chi connectivity index (χ4n) is 1.88. The highest BCUT2D eigenvalue weighted by molar-refractivity contribution is 9.10. The molecule has 2 aromatic carbocycles. The van der Waals surface area contributed by atoms with E-state index in [-0.39, 0.29) is 11.9 Å². The Morgan fingerprint density at radius 2 is 1.95 bits per heavy atom. The number of rotatable bonds is 4. The van der Waals surface area contributed by atoms with Gasteiger partial charge in [0.1, 0.15) is 5.82 Å². The Morgan fingerprint density at radius 1 is 1.21 bits per heavy atom. The third kappa shape index (κ3) is 3.56. The van der Waals surface area contributed by atoms with Gasteiger partial charge >= 0.3 is 0 Å². The molecule has 0 aliphatic carbocycles. The minimum Gasteiger partial charge on any atom is -0.306 e. The lowest BCUT2D eigenvalue weighted by atomic mass is 10.1. The maximum Gasteiger partial charge on any atom is 0.137 e. The Bertz CT molecular complexity index is 574. The highest BCUT2D eigenvalue weighted by Gasteiger charge is 2.10. The van der Waals surface area contributed by atoms with Gasteiger partial charge in [-0.25, -0.2) is 4.39 Å². The highest BCUT2D eigenvalue weighted by Crippen LogP contribution is 2.24. The number of hydrogen-bond acceptors (Lipinski definition) is 1. The van der Waals surface area contributed by atoms with Gasteiger partial charge in [0.05, 0.1) is 4.47 Å². The van der Waals surface area contributed by atoms with Gasteiger partial charge in [0.15, 0.2) is 0 Å². The molecule has 1 nitrogen and oxygen atoms in total. The van der Waals surface area contributed by atoms with E-state index < -0.39 is 0 Å². The molecule has 4 heteroatoms. The zero-order chi connectivity index (χ0) is 13.8. The van der Waals surface area contributed by atoms with Crippen molar-refractivity contribution in [1.82, 2.24) is 5.32 Å². The maximum absolute atomic E-state index is 13.4. The molecule has 0 aliphatic heterocycles. The Labute approximate surface area is 125 Å². The monoisotopic (exact) mass is 341 g/mol. The van der Waals surface area contributed by atoms with E-state index in [1.165, 1.54) is 6.07 Å². The van der Waals surface area contributed by atoms with Crippen molar-refractivity contribution in [2.24, 2.45) is 0 Å². The van der Waals surface area contributed by atoms with Gasteiger partial charge in [0.25, 0.3) is 0 Å². The minimum absolute atomic E-state index is 0.101. The smallest absolute Gasteiger partial charge is 0.137 e. The number of nitrogens with one attached hydrogen (secondary N) is 1. The van der Waals surface area contributed by atoms with Crippen LogP contribution in [0, 0.1) is 5.82 Å². The van der Waals surface area contributed by atoms with E-state index >= 15 is 0 Å². The Balaban J connectivity index is 2.07. The summed E-state index contributed by atoms with van der Waals surface area (Å²) in [6, 6.07) is 12.8. The first-order chi connectivity index (χ1) is 9.09. The van der Waals surface area contributed by atoms with E-state index in [2.05, 4.69) is 21.2 Å². The van der Waals surface area contributed by atoms with E-state index in [4.69, 9.17) is 11.6 Å². The molecule has 0 aliphatic rings. The molecule has 100 valence electrons. The molecular weight excluding hydrogens is 329 g/mol. The van der Waals surface area contributed by atoms with Crippen LogP contribution in [0.25, 0.3) is 0 Å². The second-order valence-corrected chi connectivity index (χ2v) is 5.54. The van der Waals surface area contributed by atoms with Crippen LogP contribution < -0.4 is 5.32 Å². The normalized spacial score (nSPS) is 12.4. The van der Waals surface area contributed by atoms with Gasteiger partial charge in [-0.2, -0.15) is 0 Å². The van der Waals surface area contributed by atoms with Gasteiger partial charge in [-0.05, 0) is 46.1 Å². The average molecular weight is 343 g/mol. The molecule has 0 fully saturated rings. The molecule has 0 spiro atoms. The van der Waals surface area contributed by atoms with Crippen molar-refractivity contribution < 1.29 is 4.39 Å². The van der Waals surface area contributed by atoms with Crippen molar-refractivity contribution in [2.75, 3.05) is 0 Å². The third-order valence-corrected chi connectivity index (χ3v) is 4.23. The Morgan fingerprint density at radius 3 is 2.68 bits per heavy atom. The third-order valence-electron chi connectivity index (χ3n) is 3.00. The molecule has 0 radical (unpaired) electrons. The van der Waals surface area contributed by atoms with Gasteiger partial charge in [-0.1, -0.05) is 41.9 Å². The lowest BCUT2D eigenvalue weighted by Crippen LogP contribution is -2.18. The summed E-state index contributed by atoms with van der Waals surface area (Å²) < 4.78 is 13.9. The molecule has 0 heterocycles. The molecule has 0 saturated carbocycles. The first-order valence-electron chi connectivity index (χ1n) is 6.00. The molecule has 0 bridgehead atoms. The summed E-state index contributed by atoms with van der Waals surface area (Å²) in [5, 5.41) is 4.08. The average Bonchev–Trinajstić information content (AvgIpc) is 2.40. The van der Waals surface area contributed by atoms with E-state index in [0.29, 0.717) is 11.0 Å². The zero-order valence-electron chi connectivity index (χ0n) is 10.5. The first-order valence-corrected chi connectivity index (χ1v) is 7.17. The quantitative estimate of drug-likeness (QED) is 0.816. The topological polar surface area (TPSA) is 12.0 Å². The zero-order valence-corrected chi connectivity index (χ0v) is 12.8. The van der Waals surface area contributed by atoms with Crippen molar-refractivity contribution in [3.63, 3.8) is 0 Å². The Kier molecular flexibility index (Phi) is 4.97. The van der Waals surface area contributed by atoms with E-state index in [0.717, 1.165) is 16.1 Å². The fourth-order valence-corrected chi connectivity index (χ4v) is 2.59. The van der Waals surface area contributed by atoms with Crippen molar-refractivity contribution in [3.05, 3.63) is 68.9 Å². The SMILES string of the molecule is CC(NCc1cccc(F)c1Br)c1ccccc1Cl. The Hall–Kier alpha value is -0.900. The van der Waals surface area contributed by atoms with Gasteiger partial charge < -0.3 is 5.32 Å². The molecule has 1 atom stereocenters. The van der Waals surface area contributed by atoms with Crippen LogP contribution in [0.15, 0.2) is 46.9 Å². The van der Waals surface area contributed by atoms with Crippen LogP contribution in [0.4, 0.5) is 4.39 Å². The fraction of sp³-hybridized carbons (Fsp3) is 0.200. The van der Waals surface area contributed by atoms with Crippen LogP contribution in [-0.2, 0) is 6.54 Å². The minimum atomic E-state index is -0.246. The van der Waals surface area contributed by atoms with E-state index in [1.54, 1.807) is 6.07 Å². The molecule has 2 aromatic rings. The van der Waals surface area contributed by atoms with Gasteiger partial charge in [0.2, 0.25) is 0 Å². The lowest BCUT2D eigenvalue weighted by Gasteiger charge is -2.16. The summed E-state index contributed by atoms with van der Waals surface area (Å²) in [7, 11) is 0. The molecule has 0 aromatic heterocycles. The molecule has 0 amide bonds. The molecule has 1 unspecified atom stereocenters. The number of benzene rings is 2. The van der Waals surface area contributed by atoms with Crippen molar-refractivity contribution >= 4 is 27.5 Å². The second kappa shape index (κ2) is 6.51. The molecule has 19 heavy (non-hydrogen) atoms. The summed E-state index contributed by atoms with van der Waals surface area (Å²) in [6.45, 7) is 2.61. The van der Waals surface area contributed by atoms with Crippen molar-refractivity contribution in [3.8, 4) is 0 Å². The van der Waals surface area contributed by atoms with Crippen LogP contribution in [0.3, 0.4) is 0 Å². The molecule has 0 saturated heterocycles. The first kappa shape index (κ1) is 14.5. The van der Waals surface area contributed by atoms with Crippen LogP contribution in [-0.4, -0.2) is 0 Å². The van der Waals surface area contributed by atoms with Crippen LogP contribution >= 0.6 is 27.5 Å². The molecule has 1 N–H and O–H groups in total. The molecular formula is C15H14BrClFN. The van der Waals surface area contributed by atoms with Crippen molar-refractivity contribution in [1.29, 1.82) is 0 Å². The summed E-state index contributed by atoms with van der Waals surface area (Å²) >= 11 is 9.41. The molecule has 2 rings (SSSR count). The highest BCUT2D eigenvalue weighted by atomic mass is 79.9. The predicted octanol–water partition coefficient (Wildman–Crippen LogP) is 5.09. The number of hydrogen-bond donors (Lipinski definition) is 1. The van der Waals surface area contributed by atoms with Crippen LogP contribution in [0.2, 0.25) is 5.02 Å². The number of halogens is 3. The summed E-state index contributed by atoms with van der Waals surface area (Å²) in [5.41, 5.74) is 1.93. The van der Waals surface area contributed by atoms with Crippen LogP contribution in [0.1, 0.15) is 24.1 Å². The standard InChI is InChI=1S/C15H14BrClFN/c1-10(12-6-2-3-7-13(12)17)19-9-11-5-4-8-14(18)15(11)16/h2-8,10,19H,9H2,1H3. The van der Waals surface area contributed by atoms with Gasteiger partial charge in [0, 0.05) is 17.6 Å². The predicted molar refractivity (Wildman–Crippen MR) is 80.8 cm³/mol. The van der Waals surface area contributed by atoms with E-state index in [9.17, 15) is 4.39 Å². The van der Waals surface area contributed by atoms with Gasteiger partial charge in [-0.15, -0.1) is 0 Å².